The lowest BCUT2D eigenvalue weighted by Gasteiger charge is -2.22. The SMILES string of the molecule is CC1(C)c2cc3c4ccccc4c4ccccc4c3cc2-c2nc(-n3c4ccccc4c4ccccc43)ccc21. The Morgan fingerprint density at radius 3 is 1.52 bits per heavy atom. The minimum absolute atomic E-state index is 0.141. The van der Waals surface area contributed by atoms with E-state index in [-0.39, 0.29) is 5.41 Å². The molecule has 0 fully saturated rings. The zero-order valence-corrected chi connectivity index (χ0v) is 22.4. The van der Waals surface area contributed by atoms with E-state index in [0.29, 0.717) is 0 Å². The molecule has 0 spiro atoms. The number of rotatable bonds is 1. The smallest absolute Gasteiger partial charge is 0.138 e. The maximum absolute atomic E-state index is 5.45. The highest BCUT2D eigenvalue weighted by Crippen LogP contribution is 2.51. The molecule has 40 heavy (non-hydrogen) atoms. The first-order chi connectivity index (χ1) is 19.6. The van der Waals surface area contributed by atoms with Crippen LogP contribution in [0.15, 0.2) is 121 Å². The lowest BCUT2D eigenvalue weighted by atomic mass is 9.81. The number of aromatic nitrogens is 2. The molecule has 2 heterocycles. The van der Waals surface area contributed by atoms with Gasteiger partial charge in [0.1, 0.15) is 5.82 Å². The van der Waals surface area contributed by atoms with Crippen LogP contribution < -0.4 is 0 Å². The molecule has 0 bridgehead atoms. The van der Waals surface area contributed by atoms with Crippen molar-refractivity contribution in [3.63, 3.8) is 0 Å². The molecule has 1 aliphatic rings. The number of para-hydroxylation sites is 2. The van der Waals surface area contributed by atoms with Crippen molar-refractivity contribution in [2.24, 2.45) is 0 Å². The fourth-order valence-corrected chi connectivity index (χ4v) is 7.26. The van der Waals surface area contributed by atoms with Gasteiger partial charge in [0.15, 0.2) is 0 Å². The predicted molar refractivity (Wildman–Crippen MR) is 169 cm³/mol. The third-order valence-electron chi connectivity index (χ3n) is 9.17. The molecule has 8 aromatic rings. The van der Waals surface area contributed by atoms with Gasteiger partial charge in [0.05, 0.1) is 16.7 Å². The zero-order valence-electron chi connectivity index (χ0n) is 22.4. The molecular weight excluding hydrogens is 484 g/mol. The molecule has 0 saturated heterocycles. The van der Waals surface area contributed by atoms with Crippen molar-refractivity contribution in [1.82, 2.24) is 9.55 Å². The third-order valence-corrected chi connectivity index (χ3v) is 9.17. The summed E-state index contributed by atoms with van der Waals surface area (Å²) >= 11 is 0. The second-order valence-corrected chi connectivity index (χ2v) is 11.6. The van der Waals surface area contributed by atoms with Crippen LogP contribution in [0, 0.1) is 0 Å². The van der Waals surface area contributed by atoms with Crippen LogP contribution in [0.2, 0.25) is 0 Å². The second-order valence-electron chi connectivity index (χ2n) is 11.6. The first-order valence-corrected chi connectivity index (χ1v) is 14.0. The molecule has 6 aromatic carbocycles. The van der Waals surface area contributed by atoms with Gasteiger partial charge in [-0.15, -0.1) is 0 Å². The van der Waals surface area contributed by atoms with Crippen LogP contribution >= 0.6 is 0 Å². The van der Waals surface area contributed by atoms with Gasteiger partial charge in [-0.3, -0.25) is 4.57 Å². The minimum Gasteiger partial charge on any atom is -0.294 e. The molecule has 0 atom stereocenters. The van der Waals surface area contributed by atoms with Crippen molar-refractivity contribution < 1.29 is 0 Å². The van der Waals surface area contributed by atoms with E-state index >= 15 is 0 Å². The second kappa shape index (κ2) is 7.58. The van der Waals surface area contributed by atoms with Gasteiger partial charge >= 0.3 is 0 Å². The Bertz CT molecular complexity index is 2300. The Morgan fingerprint density at radius 2 is 0.950 bits per heavy atom. The number of pyridine rings is 1. The molecule has 0 unspecified atom stereocenters. The van der Waals surface area contributed by atoms with Crippen molar-refractivity contribution >= 4 is 54.1 Å². The van der Waals surface area contributed by atoms with Gasteiger partial charge in [0.25, 0.3) is 0 Å². The van der Waals surface area contributed by atoms with Gasteiger partial charge in [-0.05, 0) is 73.8 Å². The molecule has 9 rings (SSSR count). The van der Waals surface area contributed by atoms with Gasteiger partial charge in [-0.1, -0.05) is 105 Å². The third kappa shape index (κ3) is 2.70. The van der Waals surface area contributed by atoms with E-state index in [1.807, 2.05) is 0 Å². The van der Waals surface area contributed by atoms with E-state index < -0.39 is 0 Å². The van der Waals surface area contributed by atoms with Crippen molar-refractivity contribution in [3.8, 4) is 17.1 Å². The summed E-state index contributed by atoms with van der Waals surface area (Å²) in [5.74, 6) is 0.961. The summed E-state index contributed by atoms with van der Waals surface area (Å²) in [6.45, 7) is 4.68. The number of hydrogen-bond donors (Lipinski definition) is 0. The van der Waals surface area contributed by atoms with Crippen LogP contribution in [0.4, 0.5) is 0 Å². The Balaban J connectivity index is 1.38. The molecular formula is C38H26N2. The Hall–Kier alpha value is -4.95. The lowest BCUT2D eigenvalue weighted by molar-refractivity contribution is 0.659. The van der Waals surface area contributed by atoms with Gasteiger partial charge in [-0.25, -0.2) is 4.98 Å². The normalized spacial score (nSPS) is 13.9. The molecule has 2 nitrogen and oxygen atoms in total. The van der Waals surface area contributed by atoms with E-state index in [4.69, 9.17) is 4.98 Å². The number of benzene rings is 6. The monoisotopic (exact) mass is 510 g/mol. The summed E-state index contributed by atoms with van der Waals surface area (Å²) in [5, 5.41) is 10.3. The summed E-state index contributed by atoms with van der Waals surface area (Å²) in [4.78, 5) is 5.45. The Morgan fingerprint density at radius 1 is 0.475 bits per heavy atom. The van der Waals surface area contributed by atoms with E-state index in [1.165, 1.54) is 70.8 Å². The van der Waals surface area contributed by atoms with E-state index in [0.717, 1.165) is 11.5 Å². The number of fused-ring (bicyclic) bond motifs is 12. The maximum Gasteiger partial charge on any atom is 0.138 e. The minimum atomic E-state index is -0.141. The maximum atomic E-state index is 5.45. The predicted octanol–water partition coefficient (Wildman–Crippen LogP) is 9.94. The van der Waals surface area contributed by atoms with Gasteiger partial charge in [-0.2, -0.15) is 0 Å². The molecule has 2 aromatic heterocycles. The molecule has 0 saturated carbocycles. The van der Waals surface area contributed by atoms with Crippen LogP contribution in [-0.4, -0.2) is 9.55 Å². The quantitative estimate of drug-likeness (QED) is 0.201. The molecule has 188 valence electrons. The van der Waals surface area contributed by atoms with Crippen LogP contribution in [0.5, 0.6) is 0 Å². The summed E-state index contributed by atoms with van der Waals surface area (Å²) < 4.78 is 2.32. The van der Waals surface area contributed by atoms with Crippen LogP contribution in [-0.2, 0) is 5.41 Å². The molecule has 0 aliphatic heterocycles. The standard InChI is InChI=1S/C38H26N2/c1-38(2)32-19-20-36(40-34-17-9-7-15-27(34)28-16-8-10-18-35(28)40)39-37(32)31-21-29-25-13-5-3-11-23(25)24-12-4-6-14-26(24)30(29)22-33(31)38/h3-22H,1-2H3. The molecule has 0 radical (unpaired) electrons. The van der Waals surface area contributed by atoms with Crippen molar-refractivity contribution in [3.05, 3.63) is 132 Å². The molecule has 2 heteroatoms. The highest BCUT2D eigenvalue weighted by Gasteiger charge is 2.37. The zero-order chi connectivity index (χ0) is 26.6. The average molecular weight is 511 g/mol. The average Bonchev–Trinajstić information content (AvgIpc) is 3.45. The van der Waals surface area contributed by atoms with E-state index in [9.17, 15) is 0 Å². The van der Waals surface area contributed by atoms with Crippen LogP contribution in [0.25, 0.3) is 71.2 Å². The lowest BCUT2D eigenvalue weighted by Crippen LogP contribution is -2.15. The van der Waals surface area contributed by atoms with Gasteiger partial charge in [0, 0.05) is 21.8 Å². The van der Waals surface area contributed by atoms with Crippen molar-refractivity contribution in [1.29, 1.82) is 0 Å². The van der Waals surface area contributed by atoms with Crippen LogP contribution in [0.1, 0.15) is 25.0 Å². The Kier molecular flexibility index (Phi) is 4.15. The molecule has 1 aliphatic carbocycles. The fraction of sp³-hybridized carbons (Fsp3) is 0.0789. The molecule has 0 N–H and O–H groups in total. The first-order valence-electron chi connectivity index (χ1n) is 14.0. The summed E-state index contributed by atoms with van der Waals surface area (Å²) in [6, 6.07) is 44.3. The highest BCUT2D eigenvalue weighted by atomic mass is 15.1. The van der Waals surface area contributed by atoms with Gasteiger partial charge < -0.3 is 0 Å². The summed E-state index contributed by atoms with van der Waals surface area (Å²) in [6.07, 6.45) is 0. The molecule has 0 amide bonds. The fourth-order valence-electron chi connectivity index (χ4n) is 7.26. The van der Waals surface area contributed by atoms with E-state index in [2.05, 4.69) is 140 Å². The van der Waals surface area contributed by atoms with Crippen molar-refractivity contribution in [2.45, 2.75) is 19.3 Å². The summed E-state index contributed by atoms with van der Waals surface area (Å²) in [7, 11) is 0. The van der Waals surface area contributed by atoms with Gasteiger partial charge in [0.2, 0.25) is 0 Å². The van der Waals surface area contributed by atoms with Crippen molar-refractivity contribution in [2.75, 3.05) is 0 Å². The topological polar surface area (TPSA) is 17.8 Å². The van der Waals surface area contributed by atoms with E-state index in [1.54, 1.807) is 0 Å². The largest absolute Gasteiger partial charge is 0.294 e. The summed E-state index contributed by atoms with van der Waals surface area (Å²) in [5.41, 5.74) is 7.21. The highest BCUT2D eigenvalue weighted by molar-refractivity contribution is 6.26. The number of nitrogens with zero attached hydrogens (tertiary/aromatic N) is 2. The Labute approximate surface area is 232 Å². The first kappa shape index (κ1) is 21.9. The number of hydrogen-bond acceptors (Lipinski definition) is 1. The van der Waals surface area contributed by atoms with Crippen LogP contribution in [0.3, 0.4) is 0 Å².